The molecule has 0 bridgehead atoms. The zero-order valence-electron chi connectivity index (χ0n) is 11.6. The van der Waals surface area contributed by atoms with E-state index in [1.54, 1.807) is 0 Å². The van der Waals surface area contributed by atoms with E-state index < -0.39 is 0 Å². The number of nitrogens with two attached hydrogens (primary N) is 1. The van der Waals surface area contributed by atoms with E-state index in [9.17, 15) is 0 Å². The summed E-state index contributed by atoms with van der Waals surface area (Å²) in [6.07, 6.45) is 1.31. The fourth-order valence-corrected chi connectivity index (χ4v) is 2.31. The van der Waals surface area contributed by atoms with Crippen LogP contribution in [0.5, 0.6) is 5.75 Å². The van der Waals surface area contributed by atoms with Crippen molar-refractivity contribution < 1.29 is 4.74 Å². The van der Waals surface area contributed by atoms with Crippen LogP contribution >= 0.6 is 0 Å². The SMILES string of the molecule is CC1CCN(CCOc2ccc(C#CCN)cc2)C1. The molecule has 1 aliphatic heterocycles. The molecule has 3 nitrogen and oxygen atoms in total. The molecule has 0 saturated carbocycles. The molecule has 2 rings (SSSR count). The molecule has 0 amide bonds. The van der Waals surface area contributed by atoms with E-state index in [1.165, 1.54) is 19.5 Å². The molecule has 3 heteroatoms. The van der Waals surface area contributed by atoms with E-state index in [2.05, 4.69) is 23.7 Å². The first-order chi connectivity index (χ1) is 9.28. The van der Waals surface area contributed by atoms with Crippen molar-refractivity contribution in [3.8, 4) is 17.6 Å². The molecule has 0 spiro atoms. The van der Waals surface area contributed by atoms with Crippen LogP contribution in [0.4, 0.5) is 0 Å². The Kier molecular flexibility index (Phi) is 5.26. The number of hydrogen-bond acceptors (Lipinski definition) is 3. The first-order valence-corrected chi connectivity index (χ1v) is 6.92. The van der Waals surface area contributed by atoms with Gasteiger partial charge in [0.05, 0.1) is 6.54 Å². The Hall–Kier alpha value is -1.50. The fourth-order valence-electron chi connectivity index (χ4n) is 2.31. The predicted octanol–water partition coefficient (Wildman–Crippen LogP) is 1.72. The van der Waals surface area contributed by atoms with Gasteiger partial charge in [0, 0.05) is 18.7 Å². The van der Waals surface area contributed by atoms with Gasteiger partial charge in [-0.15, -0.1) is 0 Å². The summed E-state index contributed by atoms with van der Waals surface area (Å²) in [7, 11) is 0. The average Bonchev–Trinajstić information content (AvgIpc) is 2.84. The van der Waals surface area contributed by atoms with E-state index >= 15 is 0 Å². The number of nitrogens with zero attached hydrogens (tertiary/aromatic N) is 1. The van der Waals surface area contributed by atoms with Gasteiger partial charge in [0.1, 0.15) is 12.4 Å². The van der Waals surface area contributed by atoms with Crippen LogP contribution in [0.25, 0.3) is 0 Å². The van der Waals surface area contributed by atoms with Gasteiger partial charge < -0.3 is 10.5 Å². The van der Waals surface area contributed by atoms with E-state index in [4.69, 9.17) is 10.5 Å². The molecule has 0 radical (unpaired) electrons. The summed E-state index contributed by atoms with van der Waals surface area (Å²) >= 11 is 0. The summed E-state index contributed by atoms with van der Waals surface area (Å²) in [6, 6.07) is 7.87. The van der Waals surface area contributed by atoms with Gasteiger partial charge in [0.2, 0.25) is 0 Å². The second-order valence-corrected chi connectivity index (χ2v) is 5.07. The van der Waals surface area contributed by atoms with E-state index in [1.807, 2.05) is 24.3 Å². The topological polar surface area (TPSA) is 38.5 Å². The van der Waals surface area contributed by atoms with E-state index in [0.29, 0.717) is 6.54 Å². The van der Waals surface area contributed by atoms with Crippen LogP contribution in [-0.4, -0.2) is 37.7 Å². The first kappa shape index (κ1) is 13.9. The third-order valence-corrected chi connectivity index (χ3v) is 3.37. The molecule has 1 aromatic rings. The van der Waals surface area contributed by atoms with Crippen LogP contribution in [0.3, 0.4) is 0 Å². The number of benzene rings is 1. The Labute approximate surface area is 115 Å². The molecule has 1 unspecified atom stereocenters. The Morgan fingerprint density at radius 1 is 1.37 bits per heavy atom. The van der Waals surface area contributed by atoms with Crippen molar-refractivity contribution >= 4 is 0 Å². The summed E-state index contributed by atoms with van der Waals surface area (Å²) < 4.78 is 5.75. The highest BCUT2D eigenvalue weighted by molar-refractivity contribution is 5.38. The van der Waals surface area contributed by atoms with Crippen LogP contribution in [0, 0.1) is 17.8 Å². The lowest BCUT2D eigenvalue weighted by Crippen LogP contribution is -2.25. The van der Waals surface area contributed by atoms with Crippen molar-refractivity contribution in [3.05, 3.63) is 29.8 Å². The van der Waals surface area contributed by atoms with Crippen molar-refractivity contribution in [2.24, 2.45) is 11.7 Å². The molecule has 102 valence electrons. The molecule has 1 heterocycles. The van der Waals surface area contributed by atoms with Crippen molar-refractivity contribution in [1.29, 1.82) is 0 Å². The molecule has 1 atom stereocenters. The zero-order chi connectivity index (χ0) is 13.5. The van der Waals surface area contributed by atoms with Crippen molar-refractivity contribution in [2.75, 3.05) is 32.8 Å². The fraction of sp³-hybridized carbons (Fsp3) is 0.500. The number of rotatable bonds is 4. The Morgan fingerprint density at radius 2 is 2.16 bits per heavy atom. The lowest BCUT2D eigenvalue weighted by molar-refractivity contribution is 0.234. The molecule has 19 heavy (non-hydrogen) atoms. The maximum atomic E-state index is 5.75. The van der Waals surface area contributed by atoms with Crippen LogP contribution in [-0.2, 0) is 0 Å². The Bertz CT molecular complexity index is 444. The van der Waals surface area contributed by atoms with Gasteiger partial charge in [-0.2, -0.15) is 0 Å². The summed E-state index contributed by atoms with van der Waals surface area (Å²) in [4.78, 5) is 2.46. The van der Waals surface area contributed by atoms with Crippen molar-refractivity contribution in [3.63, 3.8) is 0 Å². The average molecular weight is 258 g/mol. The number of hydrogen-bond donors (Lipinski definition) is 1. The monoisotopic (exact) mass is 258 g/mol. The molecule has 0 aromatic heterocycles. The van der Waals surface area contributed by atoms with Crippen LogP contribution in [0.1, 0.15) is 18.9 Å². The maximum absolute atomic E-state index is 5.75. The Balaban J connectivity index is 1.74. The lowest BCUT2D eigenvalue weighted by Gasteiger charge is -2.15. The second-order valence-electron chi connectivity index (χ2n) is 5.07. The zero-order valence-corrected chi connectivity index (χ0v) is 11.6. The molecule has 1 fully saturated rings. The number of ether oxygens (including phenoxy) is 1. The molecule has 1 aliphatic rings. The molecule has 0 aliphatic carbocycles. The minimum Gasteiger partial charge on any atom is -0.492 e. The van der Waals surface area contributed by atoms with Gasteiger partial charge in [-0.3, -0.25) is 4.90 Å². The molecular weight excluding hydrogens is 236 g/mol. The largest absolute Gasteiger partial charge is 0.492 e. The smallest absolute Gasteiger partial charge is 0.119 e. The molecule has 2 N–H and O–H groups in total. The second kappa shape index (κ2) is 7.18. The summed E-state index contributed by atoms with van der Waals surface area (Å²) in [5.74, 6) is 7.58. The van der Waals surface area contributed by atoms with Crippen molar-refractivity contribution in [1.82, 2.24) is 4.90 Å². The highest BCUT2D eigenvalue weighted by Crippen LogP contribution is 2.15. The van der Waals surface area contributed by atoms with Gasteiger partial charge in [-0.25, -0.2) is 0 Å². The standard InChI is InChI=1S/C16H22N2O/c1-14-8-10-18(13-14)11-12-19-16-6-4-15(5-7-16)3-2-9-17/h4-7,14H,8-13,17H2,1H3. The van der Waals surface area contributed by atoms with E-state index in [-0.39, 0.29) is 0 Å². The third-order valence-electron chi connectivity index (χ3n) is 3.37. The van der Waals surface area contributed by atoms with Gasteiger partial charge in [0.15, 0.2) is 0 Å². The highest BCUT2D eigenvalue weighted by Gasteiger charge is 2.17. The third kappa shape index (κ3) is 4.59. The maximum Gasteiger partial charge on any atom is 0.119 e. The molecular formula is C16H22N2O. The summed E-state index contributed by atoms with van der Waals surface area (Å²) in [5, 5.41) is 0. The van der Waals surface area contributed by atoms with Crippen LogP contribution in [0.15, 0.2) is 24.3 Å². The van der Waals surface area contributed by atoms with Crippen LogP contribution in [0.2, 0.25) is 0 Å². The number of likely N-dealkylation sites (tertiary alicyclic amines) is 1. The quantitative estimate of drug-likeness (QED) is 0.836. The first-order valence-electron chi connectivity index (χ1n) is 6.92. The minimum absolute atomic E-state index is 0.395. The highest BCUT2D eigenvalue weighted by atomic mass is 16.5. The van der Waals surface area contributed by atoms with Crippen molar-refractivity contribution in [2.45, 2.75) is 13.3 Å². The predicted molar refractivity (Wildman–Crippen MR) is 78.1 cm³/mol. The van der Waals surface area contributed by atoms with Gasteiger partial charge in [0.25, 0.3) is 0 Å². The van der Waals surface area contributed by atoms with Gasteiger partial charge in [-0.1, -0.05) is 18.8 Å². The molecule has 1 aromatic carbocycles. The molecule has 1 saturated heterocycles. The van der Waals surface area contributed by atoms with E-state index in [0.717, 1.165) is 30.4 Å². The Morgan fingerprint density at radius 3 is 2.79 bits per heavy atom. The normalized spacial score (nSPS) is 18.9. The minimum atomic E-state index is 0.395. The lowest BCUT2D eigenvalue weighted by atomic mass is 10.2. The van der Waals surface area contributed by atoms with Crippen LogP contribution < -0.4 is 10.5 Å². The summed E-state index contributed by atoms with van der Waals surface area (Å²) in [5.41, 5.74) is 6.32. The van der Waals surface area contributed by atoms with Gasteiger partial charge in [-0.05, 0) is 43.1 Å². The van der Waals surface area contributed by atoms with Gasteiger partial charge >= 0.3 is 0 Å². The summed E-state index contributed by atoms with van der Waals surface area (Å²) in [6.45, 7) is 6.88.